The summed E-state index contributed by atoms with van der Waals surface area (Å²) >= 11 is 5.77. The third-order valence-corrected chi connectivity index (χ3v) is 5.89. The summed E-state index contributed by atoms with van der Waals surface area (Å²) in [5.74, 6) is -0.723. The summed E-state index contributed by atoms with van der Waals surface area (Å²) in [6.07, 6.45) is -4.19. The number of nitrogens with two attached hydrogens (primary N) is 1. The van der Waals surface area contributed by atoms with Crippen molar-refractivity contribution in [2.45, 2.75) is 24.1 Å². The Morgan fingerprint density at radius 1 is 1.62 bits per heavy atom. The van der Waals surface area contributed by atoms with Crippen molar-refractivity contribution in [2.24, 2.45) is 0 Å². The molecule has 0 unspecified atom stereocenters. The molecule has 146 valence electrons. The summed E-state index contributed by atoms with van der Waals surface area (Å²) in [6, 6.07) is 1.21. The first-order valence-corrected chi connectivity index (χ1v) is 9.23. The van der Waals surface area contributed by atoms with Gasteiger partial charge in [0.25, 0.3) is 0 Å². The van der Waals surface area contributed by atoms with E-state index < -0.39 is 48.8 Å². The topological polar surface area (TPSA) is 126 Å². The summed E-state index contributed by atoms with van der Waals surface area (Å²) in [7, 11) is -2.43. The van der Waals surface area contributed by atoms with Gasteiger partial charge in [0.2, 0.25) is 5.57 Å². The maximum atomic E-state index is 14.6. The van der Waals surface area contributed by atoms with Gasteiger partial charge in [0.05, 0.1) is 5.88 Å². The lowest BCUT2D eigenvalue weighted by molar-refractivity contribution is -0.0616. The molecule has 1 aliphatic heterocycles. The number of hydrogen-bond acceptors (Lipinski definition) is 8. The highest BCUT2D eigenvalue weighted by molar-refractivity contribution is 7.58. The molecule has 0 aromatic carbocycles. The fourth-order valence-corrected chi connectivity index (χ4v) is 3.59. The maximum Gasteiger partial charge on any atom is 0.388 e. The van der Waals surface area contributed by atoms with Crippen molar-refractivity contribution in [1.29, 1.82) is 0 Å². The lowest BCUT2D eigenvalue weighted by atomic mass is 9.98. The number of nitrogens with zero attached hydrogens (tertiary/aromatic N) is 2. The van der Waals surface area contributed by atoms with Crippen LogP contribution in [0.4, 0.5) is 14.6 Å². The van der Waals surface area contributed by atoms with Gasteiger partial charge in [0, 0.05) is 20.4 Å². The Morgan fingerprint density at radius 3 is 2.73 bits per heavy atom. The molecule has 1 aromatic heterocycles. The molecule has 0 saturated carbocycles. The van der Waals surface area contributed by atoms with Gasteiger partial charge < -0.3 is 24.6 Å². The van der Waals surface area contributed by atoms with Crippen molar-refractivity contribution in [3.8, 4) is 0 Å². The number of hydrogen-bond donors (Lipinski definition) is 2. The highest BCUT2D eigenvalue weighted by Crippen LogP contribution is 2.57. The predicted octanol–water partition coefficient (Wildman–Crippen LogP) is 1.33. The van der Waals surface area contributed by atoms with Crippen LogP contribution in [-0.2, 0) is 18.3 Å². The van der Waals surface area contributed by atoms with Crippen LogP contribution >= 0.6 is 19.2 Å². The standard InChI is InChI=1S/C13H17ClF2N3O6P/c1-23-26(22,24-2)7(15)5-13(6-14)10(20)9(16)11(25-13)19-4-3-8(17)18-12(19)21/h3-5,9-11,20H,6H2,1-2H3,(H2,17,18,21)/b7-5-/t9-,10+,11-,13+/m1/s1. The fourth-order valence-electron chi connectivity index (χ4n) is 2.41. The number of aliphatic hydroxyl groups is 1. The predicted molar refractivity (Wildman–Crippen MR) is 88.2 cm³/mol. The molecule has 0 aliphatic carbocycles. The van der Waals surface area contributed by atoms with E-state index in [0.717, 1.165) is 25.0 Å². The third kappa shape index (κ3) is 3.55. The number of alkyl halides is 2. The quantitative estimate of drug-likeness (QED) is 0.526. The summed E-state index contributed by atoms with van der Waals surface area (Å²) in [5, 5.41) is 10.2. The van der Waals surface area contributed by atoms with Gasteiger partial charge in [-0.2, -0.15) is 9.37 Å². The van der Waals surface area contributed by atoms with Crippen LogP contribution in [0.5, 0.6) is 0 Å². The maximum absolute atomic E-state index is 14.6. The van der Waals surface area contributed by atoms with Crippen molar-refractivity contribution < 1.29 is 32.2 Å². The molecule has 1 aromatic rings. The summed E-state index contributed by atoms with van der Waals surface area (Å²) in [5.41, 5.74) is 0.851. The van der Waals surface area contributed by atoms with Gasteiger partial charge in [0.1, 0.15) is 17.5 Å². The van der Waals surface area contributed by atoms with E-state index in [0.29, 0.717) is 6.08 Å². The van der Waals surface area contributed by atoms with Gasteiger partial charge in [-0.3, -0.25) is 9.13 Å². The van der Waals surface area contributed by atoms with Crippen LogP contribution in [0, 0.1) is 0 Å². The number of nitrogen functional groups attached to an aromatic ring is 1. The van der Waals surface area contributed by atoms with E-state index in [1.165, 1.54) is 6.07 Å². The van der Waals surface area contributed by atoms with Gasteiger partial charge in [-0.1, -0.05) is 0 Å². The Kier molecular flexibility index (Phi) is 6.21. The minimum atomic E-state index is -4.31. The Morgan fingerprint density at radius 2 is 2.23 bits per heavy atom. The van der Waals surface area contributed by atoms with Gasteiger partial charge in [-0.15, -0.1) is 11.6 Å². The number of aromatic nitrogens is 2. The van der Waals surface area contributed by atoms with Crippen LogP contribution in [0.25, 0.3) is 0 Å². The van der Waals surface area contributed by atoms with E-state index in [4.69, 9.17) is 22.1 Å². The molecular weight excluding hydrogens is 399 g/mol. The fraction of sp³-hybridized carbons (Fsp3) is 0.538. The minimum absolute atomic E-state index is 0.101. The first kappa shape index (κ1) is 20.9. The van der Waals surface area contributed by atoms with Crippen LogP contribution in [0.15, 0.2) is 28.7 Å². The first-order chi connectivity index (χ1) is 12.1. The van der Waals surface area contributed by atoms with Crippen molar-refractivity contribution in [3.05, 3.63) is 34.4 Å². The average Bonchev–Trinajstić information content (AvgIpc) is 2.86. The van der Waals surface area contributed by atoms with Crippen molar-refractivity contribution in [2.75, 3.05) is 25.8 Å². The monoisotopic (exact) mass is 415 g/mol. The smallest absolute Gasteiger partial charge is 0.386 e. The Balaban J connectivity index is 2.48. The molecule has 2 heterocycles. The third-order valence-electron chi connectivity index (χ3n) is 3.86. The Labute approximate surface area is 151 Å². The van der Waals surface area contributed by atoms with Crippen molar-refractivity contribution >= 4 is 25.0 Å². The molecule has 1 aliphatic rings. The van der Waals surface area contributed by atoms with Crippen LogP contribution in [0.3, 0.4) is 0 Å². The molecule has 0 amide bonds. The van der Waals surface area contributed by atoms with Crippen LogP contribution in [-0.4, -0.2) is 52.6 Å². The number of aliphatic hydroxyl groups excluding tert-OH is 1. The molecule has 1 saturated heterocycles. The van der Waals surface area contributed by atoms with E-state index in [2.05, 4.69) is 14.0 Å². The zero-order valence-corrected chi connectivity index (χ0v) is 15.4. The SMILES string of the molecule is COP(=O)(OC)/C(F)=C\[C@@]1(CCl)O[C@@H](n2ccc(N)nc2=O)[C@H](F)[C@@H]1O. The van der Waals surface area contributed by atoms with Crippen molar-refractivity contribution in [1.82, 2.24) is 9.55 Å². The average molecular weight is 416 g/mol. The number of rotatable bonds is 6. The minimum Gasteiger partial charge on any atom is -0.386 e. The first-order valence-electron chi connectivity index (χ1n) is 7.15. The molecular formula is C13H17ClF2N3O6P. The van der Waals surface area contributed by atoms with Crippen LogP contribution < -0.4 is 11.4 Å². The Bertz CT molecular complexity index is 800. The number of halogens is 3. The second-order valence-electron chi connectivity index (χ2n) is 5.36. The zero-order chi connectivity index (χ0) is 19.7. The van der Waals surface area contributed by atoms with Crippen molar-refractivity contribution in [3.63, 3.8) is 0 Å². The number of ether oxygens (including phenoxy) is 1. The molecule has 2 rings (SSSR count). The molecule has 3 N–H and O–H groups in total. The number of anilines is 1. The lowest BCUT2D eigenvalue weighted by Crippen LogP contribution is -2.42. The Hall–Kier alpha value is -1.36. The molecule has 1 fully saturated rings. The molecule has 9 nitrogen and oxygen atoms in total. The molecule has 0 radical (unpaired) electrons. The largest absolute Gasteiger partial charge is 0.388 e. The highest BCUT2D eigenvalue weighted by atomic mass is 35.5. The van der Waals surface area contributed by atoms with Gasteiger partial charge in [0.15, 0.2) is 12.4 Å². The van der Waals surface area contributed by atoms with E-state index in [1.807, 2.05) is 0 Å². The molecule has 26 heavy (non-hydrogen) atoms. The summed E-state index contributed by atoms with van der Waals surface area (Å²) < 4.78 is 56.1. The van der Waals surface area contributed by atoms with Gasteiger partial charge in [-0.25, -0.2) is 9.18 Å². The molecule has 4 atom stereocenters. The highest BCUT2D eigenvalue weighted by Gasteiger charge is 2.56. The molecule has 0 bridgehead atoms. The molecule has 0 spiro atoms. The van der Waals surface area contributed by atoms with Gasteiger partial charge >= 0.3 is 13.3 Å². The van der Waals surface area contributed by atoms with Crippen LogP contribution in [0.2, 0.25) is 0 Å². The van der Waals surface area contributed by atoms with E-state index >= 15 is 0 Å². The van der Waals surface area contributed by atoms with Gasteiger partial charge in [-0.05, 0) is 12.1 Å². The van der Waals surface area contributed by atoms with E-state index in [1.54, 1.807) is 0 Å². The van der Waals surface area contributed by atoms with Crippen LogP contribution in [0.1, 0.15) is 6.23 Å². The summed E-state index contributed by atoms with van der Waals surface area (Å²) in [6.45, 7) is 0. The lowest BCUT2D eigenvalue weighted by Gasteiger charge is -2.26. The normalized spacial score (nSPS) is 29.9. The van der Waals surface area contributed by atoms with E-state index in [-0.39, 0.29) is 5.82 Å². The second-order valence-corrected chi connectivity index (χ2v) is 7.78. The summed E-state index contributed by atoms with van der Waals surface area (Å²) in [4.78, 5) is 15.3. The molecule has 13 heteroatoms. The second kappa shape index (κ2) is 7.71. The zero-order valence-electron chi connectivity index (χ0n) is 13.7. The van der Waals surface area contributed by atoms with E-state index in [9.17, 15) is 23.2 Å².